The van der Waals surface area contributed by atoms with Crippen molar-refractivity contribution in [1.82, 2.24) is 0 Å². The summed E-state index contributed by atoms with van der Waals surface area (Å²) in [5.74, 6) is 0. The predicted octanol–water partition coefficient (Wildman–Crippen LogP) is 2.69. The summed E-state index contributed by atoms with van der Waals surface area (Å²) in [6, 6.07) is 0. The molecular weight excluding hydrogens is 152 g/mol. The number of hydrogen-bond acceptors (Lipinski definition) is 0. The molecule has 0 aromatic heterocycles. The normalized spacial score (nSPS) is 45.8. The van der Waals surface area contributed by atoms with E-state index in [-0.39, 0.29) is 0 Å². The van der Waals surface area contributed by atoms with E-state index in [2.05, 4.69) is 37.7 Å². The number of rotatable bonds is 2. The van der Waals surface area contributed by atoms with Crippen LogP contribution in [0, 0.1) is 0 Å². The summed E-state index contributed by atoms with van der Waals surface area (Å²) in [5, 5.41) is 0. The molecule has 0 N–H and O–H groups in total. The minimum absolute atomic E-state index is 0.873. The Bertz CT molecular complexity index is 148. The molecule has 0 spiro atoms. The molecule has 0 bridgehead atoms. The molecule has 0 aliphatic carbocycles. The van der Waals surface area contributed by atoms with Crippen LogP contribution < -0.4 is 0 Å². The van der Waals surface area contributed by atoms with Crippen molar-refractivity contribution in [2.45, 2.75) is 24.4 Å². The highest BCUT2D eigenvalue weighted by Crippen LogP contribution is 2.41. The fraction of sp³-hybridized carbons (Fsp3) is 0.500. The Morgan fingerprint density at radius 3 is 1.50 bits per heavy atom. The van der Waals surface area contributed by atoms with Gasteiger partial charge in [-0.3, -0.25) is 0 Å². The van der Waals surface area contributed by atoms with Gasteiger partial charge in [-0.1, -0.05) is 24.4 Å². The van der Waals surface area contributed by atoms with Crippen LogP contribution in [-0.2, 0) is 0 Å². The summed E-state index contributed by atoms with van der Waals surface area (Å²) in [7, 11) is -1.75. The zero-order valence-corrected chi connectivity index (χ0v) is 8.98. The fourth-order valence-electron chi connectivity index (χ4n) is 2.08. The summed E-state index contributed by atoms with van der Waals surface area (Å²) in [5.41, 5.74) is 7.47. The third-order valence-electron chi connectivity index (χ3n) is 2.60. The van der Waals surface area contributed by atoms with Gasteiger partial charge in [0.15, 0.2) is 0 Å². The van der Waals surface area contributed by atoms with Gasteiger partial charge in [-0.05, 0) is 0 Å². The van der Waals surface area contributed by atoms with Crippen LogP contribution in [0.2, 0.25) is 24.4 Å². The van der Waals surface area contributed by atoms with Gasteiger partial charge in [-0.15, -0.1) is 24.6 Å². The Balaban J connectivity index is 2.57. The molecule has 0 saturated carbocycles. The Hall–Kier alpha value is -0.0862. The number of hydrogen-bond donors (Lipinski definition) is 0. The lowest BCUT2D eigenvalue weighted by Gasteiger charge is -2.47. The molecule has 0 unspecified atom stereocenters. The van der Waals surface area contributed by atoms with Crippen molar-refractivity contribution in [3.8, 4) is 0 Å². The molecule has 0 radical (unpaired) electrons. The second-order valence-electron chi connectivity index (χ2n) is 4.07. The molecule has 1 fully saturated rings. The van der Waals surface area contributed by atoms with Gasteiger partial charge in [0, 0.05) is 0 Å². The van der Waals surface area contributed by atoms with Gasteiger partial charge < -0.3 is 0 Å². The molecule has 0 atom stereocenters. The molecule has 1 saturated heterocycles. The molecule has 0 nitrogen and oxygen atoms in total. The van der Waals surface area contributed by atoms with Gasteiger partial charge in [-0.2, -0.15) is 0 Å². The van der Waals surface area contributed by atoms with Crippen molar-refractivity contribution in [3.05, 3.63) is 24.6 Å². The van der Waals surface area contributed by atoms with Crippen LogP contribution >= 0.6 is 0 Å². The van der Waals surface area contributed by atoms with Crippen molar-refractivity contribution in [2.24, 2.45) is 0 Å². The van der Waals surface area contributed by atoms with E-state index in [1.54, 1.807) is 0 Å². The molecule has 0 aromatic rings. The lowest BCUT2D eigenvalue weighted by atomic mass is 11.3. The minimum atomic E-state index is -0.873. The third-order valence-corrected chi connectivity index (χ3v) is 17.5. The lowest BCUT2D eigenvalue weighted by Crippen LogP contribution is -2.57. The molecular formula is C8H16Si2. The quantitative estimate of drug-likeness (QED) is 0.556. The van der Waals surface area contributed by atoms with E-state index < -0.39 is 16.1 Å². The maximum Gasteiger partial charge on any atom is 0.0694 e. The standard InChI is InChI=1S/C8H16Si2/c1-5-9(3)7-10(4,6-2)8-9/h5-6H,1-2,7-8H2,3-4H3. The van der Waals surface area contributed by atoms with E-state index in [0.29, 0.717) is 0 Å². The van der Waals surface area contributed by atoms with E-state index in [4.69, 9.17) is 0 Å². The van der Waals surface area contributed by atoms with Crippen LogP contribution in [0.1, 0.15) is 0 Å². The Morgan fingerprint density at radius 2 is 1.30 bits per heavy atom. The maximum atomic E-state index is 3.90. The summed E-state index contributed by atoms with van der Waals surface area (Å²) in [4.78, 5) is 0. The average Bonchev–Trinajstić information content (AvgIpc) is 1.85. The van der Waals surface area contributed by atoms with Crippen LogP contribution in [0.5, 0.6) is 0 Å². The van der Waals surface area contributed by atoms with Crippen LogP contribution in [0.4, 0.5) is 0 Å². The first kappa shape index (κ1) is 8.01. The first-order valence-corrected chi connectivity index (χ1v) is 9.79. The van der Waals surface area contributed by atoms with Crippen molar-refractivity contribution in [3.63, 3.8) is 0 Å². The van der Waals surface area contributed by atoms with E-state index in [1.807, 2.05) is 0 Å². The molecule has 10 heavy (non-hydrogen) atoms. The van der Waals surface area contributed by atoms with Gasteiger partial charge in [-0.25, -0.2) is 0 Å². The van der Waals surface area contributed by atoms with Crippen LogP contribution in [0.15, 0.2) is 24.6 Å². The predicted molar refractivity (Wildman–Crippen MR) is 53.2 cm³/mol. The molecule has 1 heterocycles. The van der Waals surface area contributed by atoms with Gasteiger partial charge in [0.2, 0.25) is 0 Å². The Labute approximate surface area is 65.7 Å². The SMILES string of the molecule is C=C[Si]1(C)C[Si](C)(C=C)C1. The molecule has 1 aliphatic heterocycles. The average molecular weight is 168 g/mol. The van der Waals surface area contributed by atoms with Crippen LogP contribution in [0.25, 0.3) is 0 Å². The highest BCUT2D eigenvalue weighted by molar-refractivity contribution is 7.16. The van der Waals surface area contributed by atoms with Gasteiger partial charge in [0.1, 0.15) is 0 Å². The molecule has 2 heteroatoms. The first-order chi connectivity index (χ1) is 4.54. The highest BCUT2D eigenvalue weighted by Gasteiger charge is 2.47. The summed E-state index contributed by atoms with van der Waals surface area (Å²) in [6.45, 7) is 12.7. The summed E-state index contributed by atoms with van der Waals surface area (Å²) >= 11 is 0. The van der Waals surface area contributed by atoms with Crippen molar-refractivity contribution in [2.75, 3.05) is 0 Å². The van der Waals surface area contributed by atoms with Gasteiger partial charge in [0.25, 0.3) is 0 Å². The van der Waals surface area contributed by atoms with Gasteiger partial charge in [0.05, 0.1) is 16.1 Å². The van der Waals surface area contributed by atoms with Crippen LogP contribution in [-0.4, -0.2) is 16.1 Å². The first-order valence-electron chi connectivity index (χ1n) is 3.81. The van der Waals surface area contributed by atoms with Crippen LogP contribution in [0.3, 0.4) is 0 Å². The second kappa shape index (κ2) is 2.20. The Morgan fingerprint density at radius 1 is 1.00 bits per heavy atom. The molecule has 0 amide bonds. The second-order valence-corrected chi connectivity index (χ2v) is 14.3. The van der Waals surface area contributed by atoms with Crippen molar-refractivity contribution >= 4 is 16.1 Å². The van der Waals surface area contributed by atoms with Gasteiger partial charge >= 0.3 is 0 Å². The third kappa shape index (κ3) is 1.18. The Kier molecular flexibility index (Phi) is 1.77. The zero-order valence-electron chi connectivity index (χ0n) is 6.98. The maximum absolute atomic E-state index is 3.90. The van der Waals surface area contributed by atoms with Crippen molar-refractivity contribution in [1.29, 1.82) is 0 Å². The highest BCUT2D eigenvalue weighted by atomic mass is 28.5. The summed E-state index contributed by atoms with van der Waals surface area (Å²) < 4.78 is 0. The van der Waals surface area contributed by atoms with Crippen molar-refractivity contribution < 1.29 is 0 Å². The van der Waals surface area contributed by atoms with E-state index in [9.17, 15) is 0 Å². The lowest BCUT2D eigenvalue weighted by molar-refractivity contribution is 1.39. The molecule has 0 aromatic carbocycles. The monoisotopic (exact) mass is 168 g/mol. The van der Waals surface area contributed by atoms with E-state index in [0.717, 1.165) is 0 Å². The van der Waals surface area contributed by atoms with E-state index >= 15 is 0 Å². The fourth-order valence-corrected chi connectivity index (χ4v) is 18.7. The smallest absolute Gasteiger partial charge is 0.0694 e. The summed E-state index contributed by atoms with van der Waals surface area (Å²) in [6.07, 6.45) is 0. The van der Waals surface area contributed by atoms with E-state index in [1.165, 1.54) is 11.3 Å². The largest absolute Gasteiger partial charge is 0.107 e. The molecule has 1 aliphatic rings. The zero-order chi connectivity index (χ0) is 7.83. The molecule has 56 valence electrons. The molecule has 1 rings (SSSR count). The topological polar surface area (TPSA) is 0 Å². The minimum Gasteiger partial charge on any atom is -0.107 e.